The van der Waals surface area contributed by atoms with Crippen molar-refractivity contribution in [3.63, 3.8) is 0 Å². The first-order chi connectivity index (χ1) is 8.66. The molecule has 0 aliphatic carbocycles. The molecule has 4 nitrogen and oxygen atoms in total. The Hall–Kier alpha value is -1.55. The van der Waals surface area contributed by atoms with Crippen LogP contribution in [0.4, 0.5) is 4.79 Å². The lowest BCUT2D eigenvalue weighted by atomic mass is 10.0. The second kappa shape index (κ2) is 5.87. The molecule has 1 aliphatic heterocycles. The molecule has 1 aliphatic rings. The second-order valence-corrected chi connectivity index (χ2v) is 4.83. The van der Waals surface area contributed by atoms with Crippen molar-refractivity contribution in [2.45, 2.75) is 19.8 Å². The molecule has 2 rings (SSSR count). The van der Waals surface area contributed by atoms with Crippen molar-refractivity contribution < 1.29 is 9.53 Å². The van der Waals surface area contributed by atoms with Crippen LogP contribution in [0.3, 0.4) is 0 Å². The van der Waals surface area contributed by atoms with E-state index >= 15 is 0 Å². The molecule has 1 amide bonds. The summed E-state index contributed by atoms with van der Waals surface area (Å²) in [5.41, 5.74) is 1.18. The number of nitrogens with zero attached hydrogens (tertiary/aromatic N) is 1. The quantitative estimate of drug-likeness (QED) is 0.872. The molecular formula is C14H20N2O2. The molecule has 98 valence electrons. The zero-order valence-corrected chi connectivity index (χ0v) is 11.0. The van der Waals surface area contributed by atoms with Gasteiger partial charge in [-0.25, -0.2) is 4.79 Å². The van der Waals surface area contributed by atoms with Crippen molar-refractivity contribution in [3.05, 3.63) is 29.8 Å². The summed E-state index contributed by atoms with van der Waals surface area (Å²) in [6, 6.07) is 7.74. The molecule has 18 heavy (non-hydrogen) atoms. The fourth-order valence-corrected chi connectivity index (χ4v) is 1.95. The minimum absolute atomic E-state index is 0.252. The van der Waals surface area contributed by atoms with Crippen LogP contribution in [0.15, 0.2) is 24.3 Å². The highest BCUT2D eigenvalue weighted by atomic mass is 16.6. The first kappa shape index (κ1) is 12.9. The van der Waals surface area contributed by atoms with Crippen molar-refractivity contribution in [2.75, 3.05) is 26.2 Å². The van der Waals surface area contributed by atoms with Crippen LogP contribution >= 0.6 is 0 Å². The van der Waals surface area contributed by atoms with Crippen LogP contribution in [0.2, 0.25) is 0 Å². The smallest absolute Gasteiger partial charge is 0.410 e. The van der Waals surface area contributed by atoms with Crippen molar-refractivity contribution in [2.24, 2.45) is 0 Å². The second-order valence-electron chi connectivity index (χ2n) is 4.83. The first-order valence-corrected chi connectivity index (χ1v) is 6.44. The van der Waals surface area contributed by atoms with Gasteiger partial charge in [-0.05, 0) is 23.6 Å². The minimum atomic E-state index is -0.252. The Morgan fingerprint density at radius 3 is 2.72 bits per heavy atom. The number of carbonyl (C=O) groups excluding carboxylic acids is 1. The van der Waals surface area contributed by atoms with Crippen molar-refractivity contribution in [1.29, 1.82) is 0 Å². The van der Waals surface area contributed by atoms with Crippen molar-refractivity contribution in [3.8, 4) is 5.75 Å². The minimum Gasteiger partial charge on any atom is -0.410 e. The largest absolute Gasteiger partial charge is 0.415 e. The van der Waals surface area contributed by atoms with Gasteiger partial charge in [0.05, 0.1) is 0 Å². The van der Waals surface area contributed by atoms with E-state index in [1.165, 1.54) is 5.56 Å². The van der Waals surface area contributed by atoms with Gasteiger partial charge in [-0.3, -0.25) is 0 Å². The van der Waals surface area contributed by atoms with Gasteiger partial charge in [0, 0.05) is 26.2 Å². The van der Waals surface area contributed by atoms with Crippen LogP contribution in [0.25, 0.3) is 0 Å². The number of amides is 1. The predicted octanol–water partition coefficient (Wildman–Crippen LogP) is 2.21. The third-order valence-corrected chi connectivity index (χ3v) is 3.11. The zero-order valence-electron chi connectivity index (χ0n) is 11.0. The summed E-state index contributed by atoms with van der Waals surface area (Å²) in [7, 11) is 0. The average Bonchev–Trinajstić information content (AvgIpc) is 2.40. The molecule has 0 spiro atoms. The molecule has 1 aromatic carbocycles. The Labute approximate surface area is 108 Å². The molecule has 0 saturated carbocycles. The highest BCUT2D eigenvalue weighted by Crippen LogP contribution is 2.20. The molecule has 1 saturated heterocycles. The molecular weight excluding hydrogens is 228 g/mol. The van der Waals surface area contributed by atoms with E-state index in [9.17, 15) is 4.79 Å². The van der Waals surface area contributed by atoms with Crippen LogP contribution in [-0.4, -0.2) is 37.2 Å². The summed E-state index contributed by atoms with van der Waals surface area (Å²) in [6.45, 7) is 7.34. The van der Waals surface area contributed by atoms with E-state index in [2.05, 4.69) is 19.2 Å². The molecule has 1 heterocycles. The van der Waals surface area contributed by atoms with Gasteiger partial charge in [0.25, 0.3) is 0 Å². The Morgan fingerprint density at radius 1 is 1.33 bits per heavy atom. The standard InChI is InChI=1S/C14H20N2O2/c1-11(2)12-4-3-5-13(10-12)18-14(17)16-8-6-15-7-9-16/h3-5,10-11,15H,6-9H2,1-2H3. The van der Waals surface area contributed by atoms with Crippen LogP contribution < -0.4 is 10.1 Å². The molecule has 1 aromatic rings. The fourth-order valence-electron chi connectivity index (χ4n) is 1.95. The maximum absolute atomic E-state index is 11.9. The molecule has 0 atom stereocenters. The lowest BCUT2D eigenvalue weighted by Crippen LogP contribution is -2.47. The van der Waals surface area contributed by atoms with Gasteiger partial charge in [0.1, 0.15) is 5.75 Å². The Bertz CT molecular complexity index is 412. The van der Waals surface area contributed by atoms with E-state index in [0.29, 0.717) is 24.8 Å². The maximum atomic E-state index is 11.9. The van der Waals surface area contributed by atoms with Gasteiger partial charge in [-0.2, -0.15) is 0 Å². The molecule has 0 radical (unpaired) electrons. The summed E-state index contributed by atoms with van der Waals surface area (Å²) in [4.78, 5) is 13.7. The monoisotopic (exact) mass is 248 g/mol. The topological polar surface area (TPSA) is 41.6 Å². The predicted molar refractivity (Wildman–Crippen MR) is 71.0 cm³/mol. The van der Waals surface area contributed by atoms with E-state index in [0.717, 1.165) is 13.1 Å². The highest BCUT2D eigenvalue weighted by Gasteiger charge is 2.18. The third-order valence-electron chi connectivity index (χ3n) is 3.11. The molecule has 0 bridgehead atoms. The fraction of sp³-hybridized carbons (Fsp3) is 0.500. The van der Waals surface area contributed by atoms with Crippen LogP contribution in [0, 0.1) is 0 Å². The number of piperazine rings is 1. The Morgan fingerprint density at radius 2 is 2.06 bits per heavy atom. The van der Waals surface area contributed by atoms with Gasteiger partial charge < -0.3 is 15.0 Å². The average molecular weight is 248 g/mol. The third kappa shape index (κ3) is 3.23. The van der Waals surface area contributed by atoms with Gasteiger partial charge in [0.15, 0.2) is 0 Å². The van der Waals surface area contributed by atoms with Crippen molar-refractivity contribution in [1.82, 2.24) is 10.2 Å². The number of ether oxygens (including phenoxy) is 1. The summed E-state index contributed by atoms with van der Waals surface area (Å²) < 4.78 is 5.40. The van der Waals surface area contributed by atoms with E-state index < -0.39 is 0 Å². The van der Waals surface area contributed by atoms with E-state index in [1.54, 1.807) is 4.90 Å². The summed E-state index contributed by atoms with van der Waals surface area (Å²) in [5.74, 6) is 1.06. The van der Waals surface area contributed by atoms with E-state index in [1.807, 2.05) is 24.3 Å². The SMILES string of the molecule is CC(C)c1cccc(OC(=O)N2CCNCC2)c1. The van der Waals surface area contributed by atoms with Crippen molar-refractivity contribution >= 4 is 6.09 Å². The number of nitrogens with one attached hydrogen (secondary N) is 1. The molecule has 4 heteroatoms. The molecule has 0 aromatic heterocycles. The van der Waals surface area contributed by atoms with Crippen LogP contribution in [0.5, 0.6) is 5.75 Å². The number of hydrogen-bond donors (Lipinski definition) is 1. The van der Waals surface area contributed by atoms with Gasteiger partial charge >= 0.3 is 6.09 Å². The number of hydrogen-bond acceptors (Lipinski definition) is 3. The molecule has 1 N–H and O–H groups in total. The summed E-state index contributed by atoms with van der Waals surface area (Å²) in [6.07, 6.45) is -0.252. The van der Waals surface area contributed by atoms with Gasteiger partial charge in [-0.15, -0.1) is 0 Å². The first-order valence-electron chi connectivity index (χ1n) is 6.44. The van der Waals surface area contributed by atoms with E-state index in [-0.39, 0.29) is 6.09 Å². The van der Waals surface area contributed by atoms with Gasteiger partial charge in [-0.1, -0.05) is 26.0 Å². The number of rotatable bonds is 2. The Balaban J connectivity index is 1.99. The van der Waals surface area contributed by atoms with E-state index in [4.69, 9.17) is 4.74 Å². The van der Waals surface area contributed by atoms with Gasteiger partial charge in [0.2, 0.25) is 0 Å². The lowest BCUT2D eigenvalue weighted by Gasteiger charge is -2.26. The zero-order chi connectivity index (χ0) is 13.0. The molecule has 1 fully saturated rings. The Kier molecular flexibility index (Phi) is 4.20. The lowest BCUT2D eigenvalue weighted by molar-refractivity contribution is 0.146. The van der Waals surface area contributed by atoms with Crippen LogP contribution in [-0.2, 0) is 0 Å². The van der Waals surface area contributed by atoms with Crippen LogP contribution in [0.1, 0.15) is 25.3 Å². The maximum Gasteiger partial charge on any atom is 0.415 e. The number of carbonyl (C=O) groups is 1. The molecule has 0 unspecified atom stereocenters. The normalized spacial score (nSPS) is 15.8. The summed E-state index contributed by atoms with van der Waals surface area (Å²) in [5, 5.41) is 3.21. The number of benzene rings is 1. The summed E-state index contributed by atoms with van der Waals surface area (Å²) >= 11 is 0. The highest BCUT2D eigenvalue weighted by molar-refractivity contribution is 5.70.